The van der Waals surface area contributed by atoms with Gasteiger partial charge in [-0.25, -0.2) is 0 Å². The molecule has 146 valence electrons. The van der Waals surface area contributed by atoms with E-state index in [9.17, 15) is 4.79 Å². The maximum Gasteiger partial charge on any atom is 0.224 e. The van der Waals surface area contributed by atoms with Crippen molar-refractivity contribution in [3.05, 3.63) is 70.4 Å². The number of pyridine rings is 1. The molecule has 0 bridgehead atoms. The van der Waals surface area contributed by atoms with Gasteiger partial charge in [0, 0.05) is 22.6 Å². The predicted octanol–water partition coefficient (Wildman–Crippen LogP) is 5.02. The van der Waals surface area contributed by atoms with E-state index in [1.54, 1.807) is 0 Å². The van der Waals surface area contributed by atoms with Crippen molar-refractivity contribution in [3.63, 3.8) is 0 Å². The Labute approximate surface area is 170 Å². The molecule has 5 heteroatoms. The first-order chi connectivity index (χ1) is 13.5. The summed E-state index contributed by atoms with van der Waals surface area (Å²) in [7, 11) is 0. The minimum absolute atomic E-state index is 0.0295. The fourth-order valence-corrected chi connectivity index (χ4v) is 3.36. The first-order valence-electron chi connectivity index (χ1n) is 9.54. The molecule has 0 unspecified atom stereocenters. The normalized spacial score (nSPS) is 10.8. The molecule has 0 spiro atoms. The van der Waals surface area contributed by atoms with Crippen LogP contribution < -0.4 is 10.1 Å². The number of hydrogen-bond donors (Lipinski definition) is 1. The third-order valence-corrected chi connectivity index (χ3v) is 5.05. The SMILES string of the molecule is Cc1nc2ccccc2c(C)c1CC(=O)NCCCCOc1ccc(Cl)cc1. The third-order valence-electron chi connectivity index (χ3n) is 4.80. The van der Waals surface area contributed by atoms with E-state index in [-0.39, 0.29) is 5.91 Å². The van der Waals surface area contributed by atoms with Gasteiger partial charge in [-0.1, -0.05) is 29.8 Å². The number of carbonyl (C=O) groups excluding carboxylic acids is 1. The lowest BCUT2D eigenvalue weighted by molar-refractivity contribution is -0.120. The van der Waals surface area contributed by atoms with Crippen LogP contribution in [0.15, 0.2) is 48.5 Å². The topological polar surface area (TPSA) is 51.2 Å². The number of benzene rings is 2. The Bertz CT molecular complexity index is 955. The van der Waals surface area contributed by atoms with E-state index in [0.717, 1.165) is 46.3 Å². The van der Waals surface area contributed by atoms with Crippen LogP contribution in [-0.2, 0) is 11.2 Å². The number of rotatable bonds is 8. The highest BCUT2D eigenvalue weighted by molar-refractivity contribution is 6.30. The monoisotopic (exact) mass is 396 g/mol. The molecule has 1 aromatic heterocycles. The van der Waals surface area contributed by atoms with Crippen LogP contribution in [0.5, 0.6) is 5.75 Å². The number of fused-ring (bicyclic) bond motifs is 1. The van der Waals surface area contributed by atoms with E-state index in [4.69, 9.17) is 16.3 Å². The van der Waals surface area contributed by atoms with Crippen LogP contribution in [-0.4, -0.2) is 24.0 Å². The number of aryl methyl sites for hydroxylation is 2. The van der Waals surface area contributed by atoms with E-state index in [1.165, 1.54) is 0 Å². The van der Waals surface area contributed by atoms with Gasteiger partial charge >= 0.3 is 0 Å². The highest BCUT2D eigenvalue weighted by Gasteiger charge is 2.12. The van der Waals surface area contributed by atoms with Crippen LogP contribution in [0.1, 0.15) is 29.7 Å². The fourth-order valence-electron chi connectivity index (χ4n) is 3.23. The zero-order valence-electron chi connectivity index (χ0n) is 16.3. The highest BCUT2D eigenvalue weighted by atomic mass is 35.5. The van der Waals surface area contributed by atoms with Gasteiger partial charge in [-0.2, -0.15) is 0 Å². The zero-order valence-corrected chi connectivity index (χ0v) is 17.1. The van der Waals surface area contributed by atoms with Crippen molar-refractivity contribution in [2.24, 2.45) is 0 Å². The molecule has 0 aliphatic heterocycles. The third kappa shape index (κ3) is 5.23. The summed E-state index contributed by atoms with van der Waals surface area (Å²) in [6.45, 7) is 5.29. The lowest BCUT2D eigenvalue weighted by Gasteiger charge is -2.13. The number of hydrogen-bond acceptors (Lipinski definition) is 3. The van der Waals surface area contributed by atoms with E-state index in [2.05, 4.69) is 23.3 Å². The number of carbonyl (C=O) groups is 1. The summed E-state index contributed by atoms with van der Waals surface area (Å²) in [6.07, 6.45) is 2.10. The molecule has 0 saturated carbocycles. The number of ether oxygens (including phenoxy) is 1. The number of nitrogens with one attached hydrogen (secondary N) is 1. The molecular formula is C23H25ClN2O2. The Morgan fingerprint density at radius 3 is 2.61 bits per heavy atom. The summed E-state index contributed by atoms with van der Waals surface area (Å²) in [5.74, 6) is 0.838. The van der Waals surface area contributed by atoms with Gasteiger partial charge in [-0.05, 0) is 68.1 Å². The summed E-state index contributed by atoms with van der Waals surface area (Å²) in [6, 6.07) is 15.4. The van der Waals surface area contributed by atoms with Crippen LogP contribution >= 0.6 is 11.6 Å². The van der Waals surface area contributed by atoms with Crippen molar-refractivity contribution in [3.8, 4) is 5.75 Å². The second kappa shape index (κ2) is 9.56. The van der Waals surface area contributed by atoms with Gasteiger partial charge in [0.1, 0.15) is 5.75 Å². The fraction of sp³-hybridized carbons (Fsp3) is 0.304. The van der Waals surface area contributed by atoms with Crippen LogP contribution in [0.3, 0.4) is 0 Å². The summed E-state index contributed by atoms with van der Waals surface area (Å²) in [5.41, 5.74) is 4.04. The van der Waals surface area contributed by atoms with Crippen LogP contribution in [0.4, 0.5) is 0 Å². The number of aromatic nitrogens is 1. The largest absolute Gasteiger partial charge is 0.494 e. The van der Waals surface area contributed by atoms with Crippen molar-refractivity contribution in [2.75, 3.05) is 13.2 Å². The lowest BCUT2D eigenvalue weighted by Crippen LogP contribution is -2.27. The molecular weight excluding hydrogens is 372 g/mol. The average Bonchev–Trinajstić information content (AvgIpc) is 2.69. The van der Waals surface area contributed by atoms with E-state index >= 15 is 0 Å². The maximum absolute atomic E-state index is 12.4. The molecule has 0 fully saturated rings. The molecule has 1 amide bonds. The Balaban J connectivity index is 1.43. The van der Waals surface area contributed by atoms with Gasteiger partial charge in [0.25, 0.3) is 0 Å². The molecule has 0 atom stereocenters. The Morgan fingerprint density at radius 2 is 1.82 bits per heavy atom. The molecule has 1 N–H and O–H groups in total. The lowest BCUT2D eigenvalue weighted by atomic mass is 9.99. The predicted molar refractivity (Wildman–Crippen MR) is 114 cm³/mol. The smallest absolute Gasteiger partial charge is 0.224 e. The second-order valence-corrected chi connectivity index (χ2v) is 7.29. The molecule has 28 heavy (non-hydrogen) atoms. The molecule has 0 saturated heterocycles. The minimum atomic E-state index is 0.0295. The van der Waals surface area contributed by atoms with Gasteiger partial charge in [-0.3, -0.25) is 9.78 Å². The quantitative estimate of drug-likeness (QED) is 0.544. The molecule has 0 aliphatic rings. The number of unbranched alkanes of at least 4 members (excludes halogenated alkanes) is 1. The summed E-state index contributed by atoms with van der Waals surface area (Å²) >= 11 is 5.85. The zero-order chi connectivity index (χ0) is 19.9. The second-order valence-electron chi connectivity index (χ2n) is 6.85. The van der Waals surface area contributed by atoms with Crippen molar-refractivity contribution in [1.29, 1.82) is 0 Å². The molecule has 0 radical (unpaired) electrons. The Kier molecular flexibility index (Phi) is 6.88. The van der Waals surface area contributed by atoms with Gasteiger partial charge < -0.3 is 10.1 Å². The summed E-state index contributed by atoms with van der Waals surface area (Å²) < 4.78 is 5.66. The van der Waals surface area contributed by atoms with Gasteiger partial charge in [0.05, 0.1) is 18.5 Å². The van der Waals surface area contributed by atoms with Crippen molar-refractivity contribution < 1.29 is 9.53 Å². The maximum atomic E-state index is 12.4. The molecule has 4 nitrogen and oxygen atoms in total. The number of para-hydroxylation sites is 1. The molecule has 0 aliphatic carbocycles. The van der Waals surface area contributed by atoms with Gasteiger partial charge in [-0.15, -0.1) is 0 Å². The van der Waals surface area contributed by atoms with E-state index in [0.29, 0.717) is 24.6 Å². The highest BCUT2D eigenvalue weighted by Crippen LogP contribution is 2.22. The molecule has 1 heterocycles. The van der Waals surface area contributed by atoms with Crippen LogP contribution in [0, 0.1) is 13.8 Å². The van der Waals surface area contributed by atoms with Gasteiger partial charge in [0.15, 0.2) is 0 Å². The first-order valence-corrected chi connectivity index (χ1v) is 9.92. The first kappa shape index (κ1) is 20.2. The van der Waals surface area contributed by atoms with Crippen molar-refractivity contribution >= 4 is 28.4 Å². The average molecular weight is 397 g/mol. The number of amides is 1. The minimum Gasteiger partial charge on any atom is -0.494 e. The van der Waals surface area contributed by atoms with Crippen molar-refractivity contribution in [2.45, 2.75) is 33.1 Å². The van der Waals surface area contributed by atoms with Crippen LogP contribution in [0.2, 0.25) is 5.02 Å². The Morgan fingerprint density at radius 1 is 1.07 bits per heavy atom. The Hall–Kier alpha value is -2.59. The number of halogens is 1. The van der Waals surface area contributed by atoms with Gasteiger partial charge in [0.2, 0.25) is 5.91 Å². The number of nitrogens with zero attached hydrogens (tertiary/aromatic N) is 1. The molecule has 3 aromatic rings. The summed E-state index contributed by atoms with van der Waals surface area (Å²) in [5, 5.41) is 4.80. The van der Waals surface area contributed by atoms with Crippen molar-refractivity contribution in [1.82, 2.24) is 10.3 Å². The van der Waals surface area contributed by atoms with Crippen LogP contribution in [0.25, 0.3) is 10.9 Å². The standard InChI is InChI=1S/C23H25ClN2O2/c1-16-20-7-3-4-8-22(20)26-17(2)21(16)15-23(27)25-13-5-6-14-28-19-11-9-18(24)10-12-19/h3-4,7-12H,5-6,13-15H2,1-2H3,(H,25,27). The summed E-state index contributed by atoms with van der Waals surface area (Å²) in [4.78, 5) is 17.0. The molecule has 3 rings (SSSR count). The van der Waals surface area contributed by atoms with E-state index < -0.39 is 0 Å². The molecule has 2 aromatic carbocycles. The van der Waals surface area contributed by atoms with E-state index in [1.807, 2.05) is 49.4 Å².